The molecule has 0 saturated heterocycles. The predicted molar refractivity (Wildman–Crippen MR) is 129 cm³/mol. The van der Waals surface area contributed by atoms with Crippen molar-refractivity contribution in [2.45, 2.75) is 38.7 Å². The van der Waals surface area contributed by atoms with Gasteiger partial charge in [0.25, 0.3) is 5.56 Å². The first-order valence-corrected chi connectivity index (χ1v) is 13.2. The topological polar surface area (TPSA) is 121 Å². The van der Waals surface area contributed by atoms with Crippen molar-refractivity contribution < 1.29 is 13.2 Å². The summed E-state index contributed by atoms with van der Waals surface area (Å²) in [6.45, 7) is 7.41. The molecule has 0 fully saturated rings. The summed E-state index contributed by atoms with van der Waals surface area (Å²) in [6, 6.07) is 5.03. The third-order valence-corrected chi connectivity index (χ3v) is 7.57. The third kappa shape index (κ3) is 5.66. The molecule has 8 nitrogen and oxygen atoms in total. The van der Waals surface area contributed by atoms with E-state index in [9.17, 15) is 18.0 Å². The van der Waals surface area contributed by atoms with Gasteiger partial charge in [-0.2, -0.15) is 0 Å². The molecule has 1 aromatic carbocycles. The van der Waals surface area contributed by atoms with Crippen molar-refractivity contribution in [3.05, 3.63) is 50.4 Å². The molecule has 0 aliphatic heterocycles. The number of carbonyl (C=O) groups is 1. The second kappa shape index (κ2) is 9.01. The molecule has 0 spiro atoms. The second-order valence-corrected chi connectivity index (χ2v) is 11.6. The molecule has 3 rings (SSSR count). The van der Waals surface area contributed by atoms with Crippen molar-refractivity contribution in [3.8, 4) is 0 Å². The zero-order valence-corrected chi connectivity index (χ0v) is 20.3. The van der Waals surface area contributed by atoms with E-state index in [1.54, 1.807) is 32.0 Å². The van der Waals surface area contributed by atoms with Crippen LogP contribution in [0.1, 0.15) is 28.8 Å². The maximum Gasteiger partial charge on any atom is 0.259 e. The molecule has 3 N–H and O–H groups in total. The van der Waals surface area contributed by atoms with E-state index in [1.807, 2.05) is 13.8 Å². The van der Waals surface area contributed by atoms with Gasteiger partial charge >= 0.3 is 0 Å². The summed E-state index contributed by atoms with van der Waals surface area (Å²) in [5.74, 6) is 0.675. The molecule has 11 heteroatoms. The summed E-state index contributed by atoms with van der Waals surface area (Å²) in [5, 5.41) is 3.01. The summed E-state index contributed by atoms with van der Waals surface area (Å²) >= 11 is 2.84. The van der Waals surface area contributed by atoms with Gasteiger partial charge in [-0.25, -0.2) is 13.4 Å². The smallest absolute Gasteiger partial charge is 0.259 e. The van der Waals surface area contributed by atoms with Crippen LogP contribution >= 0.6 is 23.1 Å². The van der Waals surface area contributed by atoms with Crippen molar-refractivity contribution >= 4 is 60.6 Å². The Bertz CT molecular complexity index is 1310. The maximum atomic E-state index is 12.6. The number of aromatic nitrogens is 2. The number of sulfonamides is 1. The molecule has 31 heavy (non-hydrogen) atoms. The van der Waals surface area contributed by atoms with Crippen LogP contribution in [0.25, 0.3) is 10.2 Å². The van der Waals surface area contributed by atoms with Gasteiger partial charge in [0.2, 0.25) is 15.9 Å². The van der Waals surface area contributed by atoms with Crippen molar-refractivity contribution in [2.24, 2.45) is 0 Å². The molecule has 0 aliphatic rings. The highest BCUT2D eigenvalue weighted by Gasteiger charge is 2.17. The Hall–Kier alpha value is -2.37. The average molecular weight is 481 g/mol. The largest absolute Gasteiger partial charge is 0.325 e. The number of aromatic amines is 1. The molecule has 1 amide bonds. The van der Waals surface area contributed by atoms with Crippen molar-refractivity contribution in [3.63, 3.8) is 0 Å². The molecular formula is C20H24N4O4S3. The number of rotatable bonds is 7. The Morgan fingerprint density at radius 3 is 2.68 bits per heavy atom. The van der Waals surface area contributed by atoms with Gasteiger partial charge in [-0.05, 0) is 51.0 Å². The van der Waals surface area contributed by atoms with Crippen molar-refractivity contribution in [2.75, 3.05) is 16.3 Å². The van der Waals surface area contributed by atoms with Crippen LogP contribution in [-0.4, -0.2) is 35.8 Å². The molecule has 0 aliphatic carbocycles. The van der Waals surface area contributed by atoms with E-state index in [2.05, 4.69) is 20.0 Å². The lowest BCUT2D eigenvalue weighted by atomic mass is 10.2. The van der Waals surface area contributed by atoms with E-state index < -0.39 is 15.3 Å². The quantitative estimate of drug-likeness (QED) is 0.476. The SMILES string of the molecule is Cc1ccc(NC(=O)C(C)SCc2nc3sc(C)c(C)c3c(=O)[nH]2)cc1NS(C)(=O)=O. The number of thiophene rings is 1. The molecule has 1 atom stereocenters. The Morgan fingerprint density at radius 2 is 2.00 bits per heavy atom. The number of hydrogen-bond acceptors (Lipinski definition) is 7. The highest BCUT2D eigenvalue weighted by molar-refractivity contribution is 7.99. The van der Waals surface area contributed by atoms with Crippen LogP contribution in [0.5, 0.6) is 0 Å². The summed E-state index contributed by atoms with van der Waals surface area (Å²) in [7, 11) is -3.42. The molecule has 2 heterocycles. The molecule has 0 bridgehead atoms. The van der Waals surface area contributed by atoms with E-state index >= 15 is 0 Å². The number of nitrogens with one attached hydrogen (secondary N) is 3. The number of H-pyrrole nitrogens is 1. The van der Waals surface area contributed by atoms with E-state index in [1.165, 1.54) is 23.1 Å². The van der Waals surface area contributed by atoms with Crippen LogP contribution in [-0.2, 0) is 20.6 Å². The van der Waals surface area contributed by atoms with E-state index in [4.69, 9.17) is 0 Å². The highest BCUT2D eigenvalue weighted by Crippen LogP contribution is 2.27. The fourth-order valence-corrected chi connectivity index (χ4v) is 5.32. The van der Waals surface area contributed by atoms with Crippen LogP contribution < -0.4 is 15.6 Å². The van der Waals surface area contributed by atoms with Crippen LogP contribution in [0.3, 0.4) is 0 Å². The van der Waals surface area contributed by atoms with Gasteiger partial charge in [0.05, 0.1) is 28.3 Å². The lowest BCUT2D eigenvalue weighted by Gasteiger charge is -2.14. The summed E-state index contributed by atoms with van der Waals surface area (Å²) in [4.78, 5) is 34.1. The van der Waals surface area contributed by atoms with Crippen LogP contribution in [0.4, 0.5) is 11.4 Å². The minimum absolute atomic E-state index is 0.162. The van der Waals surface area contributed by atoms with E-state index in [-0.39, 0.29) is 11.5 Å². The third-order valence-electron chi connectivity index (χ3n) is 4.73. The number of carbonyl (C=O) groups excluding carboxylic acids is 1. The number of thioether (sulfide) groups is 1. The fourth-order valence-electron chi connectivity index (χ4n) is 2.90. The molecule has 3 aromatic rings. The summed E-state index contributed by atoms with van der Waals surface area (Å²) < 4.78 is 25.5. The van der Waals surface area contributed by atoms with Crippen LogP contribution in [0.2, 0.25) is 0 Å². The number of amides is 1. The molecule has 2 aromatic heterocycles. The molecule has 1 unspecified atom stereocenters. The Morgan fingerprint density at radius 1 is 1.29 bits per heavy atom. The first-order chi connectivity index (χ1) is 14.4. The predicted octanol–water partition coefficient (Wildman–Crippen LogP) is 3.54. The van der Waals surface area contributed by atoms with E-state index in [0.717, 1.165) is 22.3 Å². The van der Waals surface area contributed by atoms with E-state index in [0.29, 0.717) is 33.2 Å². The maximum absolute atomic E-state index is 12.6. The minimum atomic E-state index is -3.42. The lowest BCUT2D eigenvalue weighted by Crippen LogP contribution is -2.23. The average Bonchev–Trinajstić information content (AvgIpc) is 2.95. The molecule has 0 saturated carbocycles. The van der Waals surface area contributed by atoms with Gasteiger partial charge < -0.3 is 10.3 Å². The van der Waals surface area contributed by atoms with Gasteiger partial charge in [0.15, 0.2) is 0 Å². The number of anilines is 2. The van der Waals surface area contributed by atoms with Gasteiger partial charge in [0.1, 0.15) is 10.7 Å². The Labute approximate surface area is 188 Å². The summed E-state index contributed by atoms with van der Waals surface area (Å²) in [5.41, 5.74) is 2.44. The Balaban J connectivity index is 1.67. The summed E-state index contributed by atoms with van der Waals surface area (Å²) in [6.07, 6.45) is 1.07. The number of aryl methyl sites for hydroxylation is 3. The lowest BCUT2D eigenvalue weighted by molar-refractivity contribution is -0.115. The first-order valence-electron chi connectivity index (χ1n) is 9.44. The molecular weight excluding hydrogens is 456 g/mol. The zero-order valence-electron chi connectivity index (χ0n) is 17.8. The number of nitrogens with zero attached hydrogens (tertiary/aromatic N) is 1. The number of benzene rings is 1. The van der Waals surface area contributed by atoms with Gasteiger partial charge in [-0.3, -0.25) is 14.3 Å². The van der Waals surface area contributed by atoms with Gasteiger partial charge in [-0.15, -0.1) is 23.1 Å². The number of hydrogen-bond donors (Lipinski definition) is 3. The molecule has 0 radical (unpaired) electrons. The minimum Gasteiger partial charge on any atom is -0.325 e. The zero-order chi connectivity index (χ0) is 22.9. The fraction of sp³-hybridized carbons (Fsp3) is 0.350. The highest BCUT2D eigenvalue weighted by atomic mass is 32.2. The number of fused-ring (bicyclic) bond motifs is 1. The monoisotopic (exact) mass is 480 g/mol. The van der Waals surface area contributed by atoms with Crippen molar-refractivity contribution in [1.82, 2.24) is 9.97 Å². The van der Waals surface area contributed by atoms with Crippen LogP contribution in [0, 0.1) is 20.8 Å². The van der Waals surface area contributed by atoms with Crippen molar-refractivity contribution in [1.29, 1.82) is 0 Å². The first kappa shape index (κ1) is 23.3. The molecule has 166 valence electrons. The van der Waals surface area contributed by atoms with Gasteiger partial charge in [0, 0.05) is 10.6 Å². The standard InChI is InChI=1S/C20H24N4O4S3/c1-10-6-7-14(8-15(10)24-31(5,27)28)21-18(25)13(4)29-9-16-22-19(26)17-11(2)12(3)30-20(17)23-16/h6-8,13,24H,9H2,1-5H3,(H,21,25)(H,22,23,26). The van der Waals surface area contributed by atoms with Gasteiger partial charge in [-0.1, -0.05) is 6.07 Å². The second-order valence-electron chi connectivity index (χ2n) is 7.32. The van der Waals surface area contributed by atoms with Crippen LogP contribution in [0.15, 0.2) is 23.0 Å². The Kier molecular flexibility index (Phi) is 6.77. The normalized spacial score (nSPS) is 12.7.